The van der Waals surface area contributed by atoms with Crippen LogP contribution in [-0.4, -0.2) is 15.3 Å². The van der Waals surface area contributed by atoms with Gasteiger partial charge in [0.15, 0.2) is 14.7 Å². The van der Waals surface area contributed by atoms with Gasteiger partial charge in [-0.25, -0.2) is 0 Å². The number of phenols is 3. The smallest absolute Gasteiger partial charge is 0.166 e. The van der Waals surface area contributed by atoms with E-state index in [9.17, 15) is 15.3 Å². The molecule has 0 atom stereocenters. The van der Waals surface area contributed by atoms with Gasteiger partial charge >= 0.3 is 0 Å². The van der Waals surface area contributed by atoms with E-state index in [4.69, 9.17) is 14.2 Å². The average Bonchev–Trinajstić information content (AvgIpc) is 3.14. The van der Waals surface area contributed by atoms with Gasteiger partial charge in [-0.3, -0.25) is 0 Å². The van der Waals surface area contributed by atoms with E-state index in [1.54, 1.807) is 0 Å². The molecule has 0 spiro atoms. The molecule has 0 saturated carbocycles. The molecule has 0 aliphatic heterocycles. The lowest BCUT2D eigenvalue weighted by atomic mass is 10.2. The van der Waals surface area contributed by atoms with E-state index in [-0.39, 0.29) is 5.75 Å². The first-order valence-electron chi connectivity index (χ1n) is 15.4. The quantitative estimate of drug-likeness (QED) is 0.0836. The van der Waals surface area contributed by atoms with Crippen LogP contribution in [0.3, 0.4) is 0 Å². The summed E-state index contributed by atoms with van der Waals surface area (Å²) in [6.07, 6.45) is 0. The van der Waals surface area contributed by atoms with E-state index in [1.807, 2.05) is 60.7 Å². The zero-order valence-corrected chi connectivity index (χ0v) is 40.5. The van der Waals surface area contributed by atoms with Gasteiger partial charge in [-0.1, -0.05) is 12.1 Å². The fourth-order valence-electron chi connectivity index (χ4n) is 5.00. The summed E-state index contributed by atoms with van der Waals surface area (Å²) in [4.78, 5) is 3.43. The molecule has 0 fully saturated rings. The van der Waals surface area contributed by atoms with Gasteiger partial charge in [0.25, 0.3) is 0 Å². The highest BCUT2D eigenvalue weighted by Crippen LogP contribution is 2.35. The Hall–Kier alpha value is -1.15. The Morgan fingerprint density at radius 2 is 0.654 bits per heavy atom. The number of aromatic hydroxyl groups is 3. The van der Waals surface area contributed by atoms with Gasteiger partial charge in [0, 0.05) is 0 Å². The van der Waals surface area contributed by atoms with Crippen molar-refractivity contribution >= 4 is 146 Å². The number of halogens is 6. The second kappa shape index (κ2) is 18.7. The van der Waals surface area contributed by atoms with E-state index < -0.39 is 10.9 Å². The predicted molar refractivity (Wildman–Crippen MR) is 255 cm³/mol. The third kappa shape index (κ3) is 10.4. The van der Waals surface area contributed by atoms with Crippen molar-refractivity contribution in [3.05, 3.63) is 147 Å². The first-order valence-corrected chi connectivity index (χ1v) is 23.1. The highest BCUT2D eigenvalue weighted by atomic mass is 127. The first-order chi connectivity index (χ1) is 24.9. The van der Waals surface area contributed by atoms with Crippen molar-refractivity contribution in [2.75, 3.05) is 0 Å². The van der Waals surface area contributed by atoms with Gasteiger partial charge < -0.3 is 29.5 Å². The Morgan fingerprint density at radius 1 is 0.365 bits per heavy atom. The average molecular weight is 1390 g/mol. The summed E-state index contributed by atoms with van der Waals surface area (Å²) >= 11 is 12.8. The monoisotopic (exact) mass is 1380 g/mol. The van der Waals surface area contributed by atoms with Crippen LogP contribution in [0.4, 0.5) is 0 Å². The largest absolute Gasteiger partial charge is 0.506 e. The molecule has 0 bridgehead atoms. The molecule has 0 heterocycles. The number of ether oxygens (including phenoxy) is 3. The summed E-state index contributed by atoms with van der Waals surface area (Å²) in [6.45, 7) is 1.20. The van der Waals surface area contributed by atoms with Crippen molar-refractivity contribution in [2.45, 2.75) is 34.5 Å². The van der Waals surface area contributed by atoms with Gasteiger partial charge in [0.05, 0.1) is 32.3 Å². The molecule has 0 radical (unpaired) electrons. The lowest BCUT2D eigenvalue weighted by Crippen LogP contribution is -2.06. The van der Waals surface area contributed by atoms with Crippen molar-refractivity contribution < 1.29 is 29.5 Å². The van der Waals surface area contributed by atoms with Crippen LogP contribution in [0.15, 0.2) is 124 Å². The minimum absolute atomic E-state index is 0.271. The van der Waals surface area contributed by atoms with E-state index in [1.165, 1.54) is 0 Å². The predicted octanol–water partition coefficient (Wildman–Crippen LogP) is 12.3. The van der Waals surface area contributed by atoms with E-state index in [0.29, 0.717) is 37.1 Å². The normalized spacial score (nSPS) is 11.1. The van der Waals surface area contributed by atoms with Crippen LogP contribution in [0.1, 0.15) is 16.7 Å². The van der Waals surface area contributed by atoms with Crippen LogP contribution in [0, 0.1) is 21.4 Å². The molecule has 0 amide bonds. The minimum atomic E-state index is -0.427. The number of hydrogen-bond acceptors (Lipinski definition) is 6. The summed E-state index contributed by atoms with van der Waals surface area (Å²) in [5.41, 5.74) is 3.02. The maximum atomic E-state index is 10.1. The molecule has 3 N–H and O–H groups in total. The summed E-state index contributed by atoms with van der Waals surface area (Å²) in [5, 5.41) is 30.4. The number of rotatable bonds is 12. The second-order valence-corrected chi connectivity index (χ2v) is 20.3. The molecule has 6 nitrogen and oxygen atoms in total. The van der Waals surface area contributed by atoms with Gasteiger partial charge in [-0.2, -0.15) is 0 Å². The minimum Gasteiger partial charge on any atom is -0.506 e. The Morgan fingerprint density at radius 3 is 1.02 bits per heavy atom. The molecular weight excluding hydrogens is 1360 g/mol. The topological polar surface area (TPSA) is 88.4 Å². The molecule has 13 heteroatoms. The van der Waals surface area contributed by atoms with Crippen LogP contribution in [-0.2, 0) is 30.7 Å². The fraction of sp³-hybridized carbons (Fsp3) is 0.0769. The standard InChI is InChI=1S/C39H26I6O6S/c40-31-13-23(14-32(41)37(31)46)20-49-25-3-9-29(10-4-25)52(28-7-1-22(2-8-28)19-51-27-17-35(44)39(48)36(45)18-27)30-11-5-26(6-12-30)50-21-24-15-33(42)38(47)34(43)16-24/h1-18H,19-21H2,(H2-,46,47,48)/p+1. The summed E-state index contributed by atoms with van der Waals surface area (Å²) in [6, 6.07) is 36.4. The van der Waals surface area contributed by atoms with Gasteiger partial charge in [0.2, 0.25) is 0 Å². The number of phenolic OH excluding ortho intramolecular Hbond substituents is 3. The molecule has 0 aromatic heterocycles. The molecule has 6 rings (SSSR count). The SMILES string of the molecule is Oc1c(I)cc(COc2ccc([S+](c3ccc(COc4cc(I)c(O)c(I)c4)cc3)c3ccc(OCc4cc(I)c(O)c(I)c4)cc3)cc2)cc1I. The highest BCUT2D eigenvalue weighted by Gasteiger charge is 2.29. The summed E-state index contributed by atoms with van der Waals surface area (Å²) < 4.78 is 23.1. The Balaban J connectivity index is 1.22. The molecule has 0 saturated heterocycles. The molecule has 0 aliphatic carbocycles. The van der Waals surface area contributed by atoms with Gasteiger partial charge in [-0.15, -0.1) is 0 Å². The molecule has 6 aromatic carbocycles. The maximum absolute atomic E-state index is 10.1. The molecule has 52 heavy (non-hydrogen) atoms. The van der Waals surface area contributed by atoms with E-state index >= 15 is 0 Å². The Kier molecular flexibility index (Phi) is 14.5. The Bertz CT molecular complexity index is 1880. The molecule has 266 valence electrons. The molecule has 0 unspecified atom stereocenters. The lowest BCUT2D eigenvalue weighted by molar-refractivity contribution is 0.305. The lowest BCUT2D eigenvalue weighted by Gasteiger charge is -2.12. The molecule has 6 aromatic rings. The van der Waals surface area contributed by atoms with Crippen LogP contribution < -0.4 is 14.2 Å². The third-order valence-electron chi connectivity index (χ3n) is 7.64. The number of hydrogen-bond donors (Lipinski definition) is 3. The van der Waals surface area contributed by atoms with Crippen molar-refractivity contribution in [1.82, 2.24) is 0 Å². The second-order valence-electron chi connectivity index (χ2n) is 11.3. The van der Waals surface area contributed by atoms with Crippen molar-refractivity contribution in [3.63, 3.8) is 0 Å². The third-order valence-corrected chi connectivity index (χ3v) is 14.8. The summed E-state index contributed by atoms with van der Waals surface area (Å²) in [5.74, 6) is 3.10. The fourth-order valence-corrected chi connectivity index (χ4v) is 12.5. The van der Waals surface area contributed by atoms with Crippen LogP contribution in [0.2, 0.25) is 0 Å². The van der Waals surface area contributed by atoms with Crippen molar-refractivity contribution in [3.8, 4) is 34.5 Å². The van der Waals surface area contributed by atoms with Crippen LogP contribution in [0.5, 0.6) is 34.5 Å². The van der Waals surface area contributed by atoms with E-state index in [2.05, 4.69) is 184 Å². The maximum Gasteiger partial charge on any atom is 0.166 e. The zero-order chi connectivity index (χ0) is 36.9. The van der Waals surface area contributed by atoms with Gasteiger partial charge in [-0.05, 0) is 249 Å². The van der Waals surface area contributed by atoms with Gasteiger partial charge in [0.1, 0.15) is 54.3 Å². The van der Waals surface area contributed by atoms with Crippen molar-refractivity contribution in [1.29, 1.82) is 0 Å². The zero-order valence-electron chi connectivity index (χ0n) is 26.8. The Labute approximate surface area is 386 Å². The first kappa shape index (κ1) is 40.5. The van der Waals surface area contributed by atoms with Crippen LogP contribution >= 0.6 is 136 Å². The summed E-state index contributed by atoms with van der Waals surface area (Å²) in [7, 11) is -0.427. The number of benzene rings is 6. The molecular formula is C39H27I6O6S+. The van der Waals surface area contributed by atoms with Crippen LogP contribution in [0.25, 0.3) is 0 Å². The van der Waals surface area contributed by atoms with Crippen molar-refractivity contribution in [2.24, 2.45) is 0 Å². The highest BCUT2D eigenvalue weighted by molar-refractivity contribution is 14.1. The molecule has 0 aliphatic rings. The van der Waals surface area contributed by atoms with E-state index in [0.717, 1.165) is 64.3 Å².